The van der Waals surface area contributed by atoms with Crippen molar-refractivity contribution in [1.29, 1.82) is 0 Å². The van der Waals surface area contributed by atoms with Crippen LogP contribution in [0.5, 0.6) is 0 Å². The SMILES string of the molecule is CCCC(c1nnnn1CCOC)N1CCN(C2CCCCC2)CC1.Cl. The minimum absolute atomic E-state index is 0. The maximum Gasteiger partial charge on any atom is 0.168 e. The molecule has 7 nitrogen and oxygen atoms in total. The third-order valence-corrected chi connectivity index (χ3v) is 5.81. The highest BCUT2D eigenvalue weighted by Gasteiger charge is 2.31. The lowest BCUT2D eigenvalue weighted by Gasteiger charge is -2.43. The van der Waals surface area contributed by atoms with Gasteiger partial charge in [-0.1, -0.05) is 32.6 Å². The molecule has 0 aromatic carbocycles. The van der Waals surface area contributed by atoms with E-state index < -0.39 is 0 Å². The fourth-order valence-electron chi connectivity index (χ4n) is 4.40. The molecular weight excluding hydrogens is 352 g/mol. The molecule has 2 aliphatic rings. The number of rotatable bonds is 8. The molecule has 0 N–H and O–H groups in total. The fraction of sp³-hybridized carbons (Fsp3) is 0.944. The molecule has 0 radical (unpaired) electrons. The molecule has 0 amide bonds. The van der Waals surface area contributed by atoms with Crippen molar-refractivity contribution in [3.8, 4) is 0 Å². The first-order valence-electron chi connectivity index (χ1n) is 10.1. The molecule has 1 aromatic heterocycles. The zero-order valence-corrected chi connectivity index (χ0v) is 17.2. The van der Waals surface area contributed by atoms with Crippen molar-refractivity contribution < 1.29 is 4.74 Å². The monoisotopic (exact) mass is 386 g/mol. The lowest BCUT2D eigenvalue weighted by Crippen LogP contribution is -2.51. The lowest BCUT2D eigenvalue weighted by molar-refractivity contribution is 0.0495. The maximum absolute atomic E-state index is 5.20. The zero-order valence-electron chi connectivity index (χ0n) is 16.3. The molecule has 0 bridgehead atoms. The van der Waals surface area contributed by atoms with Crippen molar-refractivity contribution in [2.24, 2.45) is 0 Å². The summed E-state index contributed by atoms with van der Waals surface area (Å²) in [5.74, 6) is 1.00. The first-order chi connectivity index (χ1) is 12.3. The highest BCUT2D eigenvalue weighted by Crippen LogP contribution is 2.28. The highest BCUT2D eigenvalue weighted by molar-refractivity contribution is 5.85. The lowest BCUT2D eigenvalue weighted by atomic mass is 9.93. The molecule has 1 saturated carbocycles. The molecular formula is C18H35ClN6O. The molecule has 3 rings (SSSR count). The van der Waals surface area contributed by atoms with Gasteiger partial charge in [-0.15, -0.1) is 17.5 Å². The van der Waals surface area contributed by atoms with Crippen LogP contribution in [0.2, 0.25) is 0 Å². The van der Waals surface area contributed by atoms with Crippen molar-refractivity contribution in [1.82, 2.24) is 30.0 Å². The molecule has 1 aliphatic heterocycles. The van der Waals surface area contributed by atoms with Gasteiger partial charge < -0.3 is 4.74 Å². The number of halogens is 1. The van der Waals surface area contributed by atoms with Crippen LogP contribution in [0.25, 0.3) is 0 Å². The minimum atomic E-state index is 0. The van der Waals surface area contributed by atoms with E-state index in [1.165, 1.54) is 45.2 Å². The van der Waals surface area contributed by atoms with Gasteiger partial charge >= 0.3 is 0 Å². The van der Waals surface area contributed by atoms with Gasteiger partial charge in [0.2, 0.25) is 0 Å². The molecule has 0 spiro atoms. The van der Waals surface area contributed by atoms with E-state index in [1.807, 2.05) is 4.68 Å². The summed E-state index contributed by atoms with van der Waals surface area (Å²) in [5, 5.41) is 12.5. The Bertz CT molecular complexity index is 500. The molecule has 8 heteroatoms. The predicted octanol–water partition coefficient (Wildman–Crippen LogP) is 2.53. The predicted molar refractivity (Wildman–Crippen MR) is 105 cm³/mol. The summed E-state index contributed by atoms with van der Waals surface area (Å²) in [6.07, 6.45) is 9.30. The minimum Gasteiger partial charge on any atom is -0.383 e. The van der Waals surface area contributed by atoms with Crippen molar-refractivity contribution in [3.05, 3.63) is 5.82 Å². The van der Waals surface area contributed by atoms with Crippen molar-refractivity contribution in [3.63, 3.8) is 0 Å². The summed E-state index contributed by atoms with van der Waals surface area (Å²) >= 11 is 0. The van der Waals surface area contributed by atoms with E-state index in [4.69, 9.17) is 4.74 Å². The van der Waals surface area contributed by atoms with E-state index in [0.29, 0.717) is 12.6 Å². The van der Waals surface area contributed by atoms with Crippen molar-refractivity contribution in [2.45, 2.75) is 70.5 Å². The van der Waals surface area contributed by atoms with Gasteiger partial charge in [-0.2, -0.15) is 0 Å². The number of piperazine rings is 1. The summed E-state index contributed by atoms with van der Waals surface area (Å²) in [5.41, 5.74) is 0. The number of ether oxygens (including phenoxy) is 1. The van der Waals surface area contributed by atoms with Gasteiger partial charge in [0.25, 0.3) is 0 Å². The first-order valence-corrected chi connectivity index (χ1v) is 10.1. The van der Waals surface area contributed by atoms with E-state index in [2.05, 4.69) is 32.2 Å². The standard InChI is InChI=1S/C18H34N6O.ClH/c1-3-7-17(18-19-20-21-24(18)14-15-25-2)23-12-10-22(11-13-23)16-8-5-4-6-9-16;/h16-17H,3-15H2,1-2H3;1H. The maximum atomic E-state index is 5.20. The van der Waals surface area contributed by atoms with Gasteiger partial charge in [-0.3, -0.25) is 9.80 Å². The quantitative estimate of drug-likeness (QED) is 0.684. The Labute approximate surface area is 163 Å². The average Bonchev–Trinajstić information content (AvgIpc) is 3.13. The van der Waals surface area contributed by atoms with Gasteiger partial charge in [0.15, 0.2) is 5.82 Å². The third kappa shape index (κ3) is 5.38. The summed E-state index contributed by atoms with van der Waals surface area (Å²) < 4.78 is 7.13. The first kappa shape index (κ1) is 21.5. The van der Waals surface area contributed by atoms with E-state index in [1.54, 1.807) is 7.11 Å². The topological polar surface area (TPSA) is 59.3 Å². The third-order valence-electron chi connectivity index (χ3n) is 5.81. The number of hydrogen-bond donors (Lipinski definition) is 0. The van der Waals surface area contributed by atoms with Crippen LogP contribution in [-0.2, 0) is 11.3 Å². The van der Waals surface area contributed by atoms with Crippen LogP contribution in [0.3, 0.4) is 0 Å². The second-order valence-corrected chi connectivity index (χ2v) is 7.42. The van der Waals surface area contributed by atoms with Crippen LogP contribution < -0.4 is 0 Å². The molecule has 1 aromatic rings. The van der Waals surface area contributed by atoms with E-state index in [0.717, 1.165) is 44.3 Å². The van der Waals surface area contributed by atoms with Gasteiger partial charge in [-0.25, -0.2) is 4.68 Å². The Morgan fingerprint density at radius 1 is 1.12 bits per heavy atom. The van der Waals surface area contributed by atoms with Gasteiger partial charge in [0.1, 0.15) is 0 Å². The van der Waals surface area contributed by atoms with Crippen molar-refractivity contribution in [2.75, 3.05) is 39.9 Å². The molecule has 1 saturated heterocycles. The Hall–Kier alpha value is -0.760. The van der Waals surface area contributed by atoms with Crippen molar-refractivity contribution >= 4 is 12.4 Å². The van der Waals surface area contributed by atoms with Crippen LogP contribution >= 0.6 is 12.4 Å². The normalized spacial score (nSPS) is 21.5. The summed E-state index contributed by atoms with van der Waals surface area (Å²) in [6, 6.07) is 1.15. The Morgan fingerprint density at radius 2 is 1.85 bits per heavy atom. The molecule has 2 fully saturated rings. The highest BCUT2D eigenvalue weighted by atomic mass is 35.5. The number of hydrogen-bond acceptors (Lipinski definition) is 6. The van der Waals surface area contributed by atoms with Crippen LogP contribution in [0, 0.1) is 0 Å². The number of nitrogens with zero attached hydrogens (tertiary/aromatic N) is 6. The number of tetrazole rings is 1. The average molecular weight is 387 g/mol. The molecule has 1 aliphatic carbocycles. The molecule has 26 heavy (non-hydrogen) atoms. The smallest absolute Gasteiger partial charge is 0.168 e. The van der Waals surface area contributed by atoms with Gasteiger partial charge in [0.05, 0.1) is 19.2 Å². The Morgan fingerprint density at radius 3 is 2.50 bits per heavy atom. The second-order valence-electron chi connectivity index (χ2n) is 7.42. The van der Waals surface area contributed by atoms with Crippen LogP contribution in [0.1, 0.15) is 63.7 Å². The molecule has 1 atom stereocenters. The number of aromatic nitrogens is 4. The zero-order chi connectivity index (χ0) is 17.5. The number of methoxy groups -OCH3 is 1. The molecule has 150 valence electrons. The Balaban J connectivity index is 0.00000243. The Kier molecular flexibility index (Phi) is 9.25. The second kappa shape index (κ2) is 11.2. The summed E-state index contributed by atoms with van der Waals surface area (Å²) in [7, 11) is 1.72. The molecule has 1 unspecified atom stereocenters. The van der Waals surface area contributed by atoms with Gasteiger partial charge in [-0.05, 0) is 29.7 Å². The van der Waals surface area contributed by atoms with E-state index >= 15 is 0 Å². The van der Waals surface area contributed by atoms with Crippen LogP contribution in [0.15, 0.2) is 0 Å². The van der Waals surface area contributed by atoms with Crippen LogP contribution in [-0.4, -0.2) is 75.9 Å². The van der Waals surface area contributed by atoms with Crippen LogP contribution in [0.4, 0.5) is 0 Å². The van der Waals surface area contributed by atoms with E-state index in [-0.39, 0.29) is 12.4 Å². The fourth-order valence-corrected chi connectivity index (χ4v) is 4.40. The summed E-state index contributed by atoms with van der Waals surface area (Å²) in [6.45, 7) is 8.23. The largest absolute Gasteiger partial charge is 0.383 e. The van der Waals surface area contributed by atoms with Gasteiger partial charge in [0, 0.05) is 39.3 Å². The van der Waals surface area contributed by atoms with E-state index in [9.17, 15) is 0 Å². The molecule has 2 heterocycles. The summed E-state index contributed by atoms with van der Waals surface area (Å²) in [4.78, 5) is 5.32.